The second kappa shape index (κ2) is 62.0. The van der Waals surface area contributed by atoms with Crippen LogP contribution < -0.4 is 0 Å². The fourth-order valence-electron chi connectivity index (χ4n) is 9.93. The molecule has 88 heavy (non-hydrogen) atoms. The second-order valence-electron chi connectivity index (χ2n) is 24.7. The molecule has 0 bridgehead atoms. The Morgan fingerprint density at radius 2 is 0.614 bits per heavy atom. The summed E-state index contributed by atoms with van der Waals surface area (Å²) in [4.78, 5) is 72.2. The molecule has 0 saturated heterocycles. The van der Waals surface area contributed by atoms with E-state index in [-0.39, 0.29) is 25.7 Å². The highest BCUT2D eigenvalue weighted by molar-refractivity contribution is 7.47. The molecular weight excluding hydrogens is 1160 g/mol. The van der Waals surface area contributed by atoms with Gasteiger partial charge in [-0.1, -0.05) is 277 Å². The average molecular weight is 1290 g/mol. The van der Waals surface area contributed by atoms with Crippen molar-refractivity contribution < 1.29 is 80.2 Å². The number of carbonyl (C=O) groups is 4. The highest BCUT2D eigenvalue weighted by Gasteiger charge is 2.30. The largest absolute Gasteiger partial charge is 0.472 e. The van der Waals surface area contributed by atoms with Crippen LogP contribution in [0.2, 0.25) is 0 Å². The van der Waals surface area contributed by atoms with Crippen molar-refractivity contribution in [3.63, 3.8) is 0 Å². The summed E-state index contributed by atoms with van der Waals surface area (Å²) in [5.74, 6) is -1.40. The van der Waals surface area contributed by atoms with Crippen LogP contribution in [-0.2, 0) is 65.4 Å². The molecule has 0 aliphatic rings. The zero-order chi connectivity index (χ0) is 64.9. The van der Waals surface area contributed by atoms with Crippen LogP contribution in [0.5, 0.6) is 0 Å². The van der Waals surface area contributed by atoms with Gasteiger partial charge in [-0.2, -0.15) is 0 Å². The van der Waals surface area contributed by atoms with E-state index >= 15 is 0 Å². The molecule has 3 N–H and O–H groups in total. The maximum Gasteiger partial charge on any atom is 0.472 e. The Morgan fingerprint density at radius 3 is 0.932 bits per heavy atom. The Balaban J connectivity index is 5.20. The van der Waals surface area contributed by atoms with Crippen molar-refractivity contribution in [2.75, 3.05) is 39.6 Å². The first-order valence-corrected chi connectivity index (χ1v) is 38.4. The van der Waals surface area contributed by atoms with E-state index in [1.807, 2.05) is 0 Å². The molecule has 0 fully saturated rings. The average Bonchev–Trinajstić information content (AvgIpc) is 3.64. The smallest absolute Gasteiger partial charge is 0.462 e. The minimum atomic E-state index is -4.96. The lowest BCUT2D eigenvalue weighted by Gasteiger charge is -2.21. The Morgan fingerprint density at radius 1 is 0.352 bits per heavy atom. The molecular formula is C69H130O17P2. The lowest BCUT2D eigenvalue weighted by Crippen LogP contribution is -2.30. The number of hydrogen-bond donors (Lipinski definition) is 3. The van der Waals surface area contributed by atoms with Gasteiger partial charge in [0.25, 0.3) is 0 Å². The Bertz CT molecular complexity index is 1800. The summed E-state index contributed by atoms with van der Waals surface area (Å²) in [5.41, 5.74) is 0. The number of phosphoric acid groups is 2. The molecule has 5 atom stereocenters. The molecule has 0 aliphatic heterocycles. The molecule has 0 aromatic rings. The predicted molar refractivity (Wildman–Crippen MR) is 354 cm³/mol. The fraction of sp³-hybridized carbons (Fsp3) is 0.884. The number of allylic oxidation sites excluding steroid dienone is 4. The van der Waals surface area contributed by atoms with Crippen LogP contribution in [0.15, 0.2) is 24.3 Å². The van der Waals surface area contributed by atoms with Gasteiger partial charge in [0.1, 0.15) is 19.3 Å². The van der Waals surface area contributed by atoms with Crippen molar-refractivity contribution in [2.24, 2.45) is 5.92 Å². The second-order valence-corrected chi connectivity index (χ2v) is 27.6. The van der Waals surface area contributed by atoms with Crippen molar-refractivity contribution >= 4 is 39.5 Å². The van der Waals surface area contributed by atoms with Crippen molar-refractivity contribution in [3.05, 3.63) is 24.3 Å². The van der Waals surface area contributed by atoms with Gasteiger partial charge < -0.3 is 33.8 Å². The third-order valence-electron chi connectivity index (χ3n) is 15.4. The highest BCUT2D eigenvalue weighted by atomic mass is 31.2. The number of hydrogen-bond acceptors (Lipinski definition) is 15. The van der Waals surface area contributed by atoms with Gasteiger partial charge in [-0.3, -0.25) is 37.3 Å². The molecule has 0 rings (SSSR count). The lowest BCUT2D eigenvalue weighted by atomic mass is 10.0. The van der Waals surface area contributed by atoms with Crippen LogP contribution in [0.1, 0.15) is 330 Å². The molecule has 2 unspecified atom stereocenters. The van der Waals surface area contributed by atoms with Crippen molar-refractivity contribution in [1.82, 2.24) is 0 Å². The number of carbonyl (C=O) groups excluding carboxylic acids is 4. The summed E-state index contributed by atoms with van der Waals surface area (Å²) in [6.07, 6.45) is 51.1. The lowest BCUT2D eigenvalue weighted by molar-refractivity contribution is -0.161. The Hall–Kier alpha value is -2.46. The molecule has 0 saturated carbocycles. The van der Waals surface area contributed by atoms with Crippen LogP contribution in [0.25, 0.3) is 0 Å². The van der Waals surface area contributed by atoms with Gasteiger partial charge in [-0.25, -0.2) is 9.13 Å². The van der Waals surface area contributed by atoms with Gasteiger partial charge in [0.05, 0.1) is 26.4 Å². The first-order chi connectivity index (χ1) is 42.5. The van der Waals surface area contributed by atoms with Crippen molar-refractivity contribution in [1.29, 1.82) is 0 Å². The number of rotatable bonds is 67. The molecule has 0 heterocycles. The summed E-state index contributed by atoms with van der Waals surface area (Å²) >= 11 is 0. The monoisotopic (exact) mass is 1290 g/mol. The molecule has 0 spiro atoms. The molecule has 17 nitrogen and oxygen atoms in total. The van der Waals surface area contributed by atoms with Crippen molar-refractivity contribution in [3.8, 4) is 0 Å². The zero-order valence-electron chi connectivity index (χ0n) is 56.3. The summed E-state index contributed by atoms with van der Waals surface area (Å²) in [5, 5.41) is 10.5. The number of esters is 4. The van der Waals surface area contributed by atoms with E-state index in [0.717, 1.165) is 115 Å². The third-order valence-corrected chi connectivity index (χ3v) is 17.3. The maximum absolute atomic E-state index is 13.0. The Kier molecular flexibility index (Phi) is 60.3. The van der Waals surface area contributed by atoms with E-state index in [0.29, 0.717) is 25.7 Å². The molecule has 0 aromatic heterocycles. The van der Waals surface area contributed by atoms with Gasteiger partial charge in [0, 0.05) is 25.7 Å². The minimum Gasteiger partial charge on any atom is -0.462 e. The predicted octanol–water partition coefficient (Wildman–Crippen LogP) is 19.3. The number of unbranched alkanes of at least 4 members (excludes halogenated alkanes) is 36. The van der Waals surface area contributed by atoms with Gasteiger partial charge >= 0.3 is 39.5 Å². The number of aliphatic hydroxyl groups is 1. The minimum absolute atomic E-state index is 0.0850. The standard InChI is InChI=1S/C69H130O17P2/c1-6-9-12-15-17-19-21-23-25-27-31-36-40-45-50-55-69(74)86-65(59-80-67(72)53-48-43-38-34-32-28-29-33-37-42-46-51-62(4)5)61-84-88(77,78)82-57-63(70)56-81-87(75,76)83-60-64(58-79-66(71)52-47-41-14-11-8-3)85-68(73)54-49-44-39-35-30-26-24-22-20-18-16-13-10-7-2/h19,21,23,25,62-65,70H,6-18,20,22,24,26-61H2,1-5H3,(H,75,76)(H,77,78)/b21-19-,25-23-/t63-,64+,65+/m0/s1. The summed E-state index contributed by atoms with van der Waals surface area (Å²) < 4.78 is 68.0. The summed E-state index contributed by atoms with van der Waals surface area (Å²) in [6.45, 7) is 7.09. The van der Waals surface area contributed by atoms with Gasteiger partial charge in [0.15, 0.2) is 12.2 Å². The molecule has 518 valence electrons. The molecule has 0 aromatic carbocycles. The van der Waals surface area contributed by atoms with Crippen LogP contribution in [0, 0.1) is 5.92 Å². The molecule has 19 heteroatoms. The molecule has 0 amide bonds. The van der Waals surface area contributed by atoms with Gasteiger partial charge in [-0.15, -0.1) is 0 Å². The van der Waals surface area contributed by atoms with Crippen LogP contribution in [0.3, 0.4) is 0 Å². The Labute approximate surface area is 535 Å². The van der Waals surface area contributed by atoms with E-state index in [4.69, 9.17) is 37.0 Å². The first kappa shape index (κ1) is 85.5. The van der Waals surface area contributed by atoms with E-state index in [2.05, 4.69) is 58.9 Å². The van der Waals surface area contributed by atoms with Gasteiger partial charge in [0.2, 0.25) is 0 Å². The number of aliphatic hydroxyl groups excluding tert-OH is 1. The van der Waals surface area contributed by atoms with Crippen LogP contribution >= 0.6 is 15.6 Å². The van der Waals surface area contributed by atoms with E-state index in [1.165, 1.54) is 135 Å². The quantitative estimate of drug-likeness (QED) is 0.0169. The van der Waals surface area contributed by atoms with Crippen LogP contribution in [0.4, 0.5) is 0 Å². The van der Waals surface area contributed by atoms with Gasteiger partial charge in [-0.05, 0) is 57.3 Å². The SMILES string of the molecule is CCCCCC/C=C\C=C/CCCCCCCC(=O)O[C@H](COC(=O)CCCCCCCCCCCCCC(C)C)COP(=O)(O)OC[C@@H](O)COP(=O)(O)OC[C@@H](COC(=O)CCCCCCC)OC(=O)CCCCCCCCCCCCCCCC. The first-order valence-electron chi connectivity index (χ1n) is 35.5. The maximum atomic E-state index is 13.0. The number of phosphoric ester groups is 2. The van der Waals surface area contributed by atoms with Crippen molar-refractivity contribution in [2.45, 2.75) is 348 Å². The highest BCUT2D eigenvalue weighted by Crippen LogP contribution is 2.45. The molecule has 0 radical (unpaired) electrons. The zero-order valence-corrected chi connectivity index (χ0v) is 58.1. The molecule has 0 aliphatic carbocycles. The normalized spacial score (nSPS) is 14.3. The number of ether oxygens (including phenoxy) is 4. The topological polar surface area (TPSA) is 237 Å². The van der Waals surface area contributed by atoms with E-state index in [1.54, 1.807) is 0 Å². The van der Waals surface area contributed by atoms with E-state index < -0.39 is 97.5 Å². The summed E-state index contributed by atoms with van der Waals surface area (Å²) in [6, 6.07) is 0. The summed E-state index contributed by atoms with van der Waals surface area (Å²) in [7, 11) is -9.90. The fourth-order valence-corrected chi connectivity index (χ4v) is 11.5. The van der Waals surface area contributed by atoms with Crippen LogP contribution in [-0.4, -0.2) is 96.7 Å². The third kappa shape index (κ3) is 62.4. The van der Waals surface area contributed by atoms with E-state index in [9.17, 15) is 43.2 Å².